The van der Waals surface area contributed by atoms with E-state index < -0.39 is 17.7 Å². The van der Waals surface area contributed by atoms with Crippen molar-refractivity contribution in [1.29, 1.82) is 0 Å². The first-order valence-corrected chi connectivity index (χ1v) is 12.7. The molecule has 1 aromatic carbocycles. The molecule has 1 aromatic rings. The van der Waals surface area contributed by atoms with Crippen LogP contribution in [0.2, 0.25) is 0 Å². The van der Waals surface area contributed by atoms with E-state index in [0.717, 1.165) is 56.1 Å². The van der Waals surface area contributed by atoms with Crippen molar-refractivity contribution in [2.24, 2.45) is 11.8 Å². The van der Waals surface area contributed by atoms with Gasteiger partial charge in [-0.1, -0.05) is 24.3 Å². The van der Waals surface area contributed by atoms with Gasteiger partial charge in [0.25, 0.3) is 0 Å². The van der Waals surface area contributed by atoms with Crippen LogP contribution >= 0.6 is 0 Å². The molecule has 2 aliphatic rings. The molecule has 2 amide bonds. The lowest BCUT2D eigenvalue weighted by atomic mass is 9.78. The van der Waals surface area contributed by atoms with E-state index in [4.69, 9.17) is 9.47 Å². The normalized spacial score (nSPS) is 21.9. The molecule has 0 spiro atoms. The Morgan fingerprint density at radius 2 is 1.74 bits per heavy atom. The molecule has 0 aliphatic heterocycles. The molecule has 0 radical (unpaired) electrons. The number of nitrogens with one attached hydrogen (secondary N) is 1. The van der Waals surface area contributed by atoms with Gasteiger partial charge in [-0.2, -0.15) is 0 Å². The van der Waals surface area contributed by atoms with E-state index in [2.05, 4.69) is 5.32 Å². The van der Waals surface area contributed by atoms with Gasteiger partial charge in [-0.25, -0.2) is 4.79 Å². The Bertz CT molecular complexity index is 809. The molecule has 3 rings (SSSR count). The molecular weight excluding hydrogens is 432 g/mol. The Balaban J connectivity index is 1.54. The number of aliphatic hydroxyl groups is 1. The first-order chi connectivity index (χ1) is 16.2. The molecule has 0 bridgehead atoms. The summed E-state index contributed by atoms with van der Waals surface area (Å²) in [4.78, 5) is 27.7. The van der Waals surface area contributed by atoms with Crippen LogP contribution in [0.5, 0.6) is 0 Å². The highest BCUT2D eigenvalue weighted by Crippen LogP contribution is 2.33. The third-order valence-electron chi connectivity index (χ3n) is 7.17. The molecular formula is C27H42N2O5. The van der Waals surface area contributed by atoms with E-state index in [1.807, 2.05) is 57.0 Å². The summed E-state index contributed by atoms with van der Waals surface area (Å²) in [5, 5.41) is 12.4. The van der Waals surface area contributed by atoms with E-state index in [1.54, 1.807) is 0 Å². The fourth-order valence-electron chi connectivity index (χ4n) is 4.87. The highest BCUT2D eigenvalue weighted by atomic mass is 16.6. The van der Waals surface area contributed by atoms with Gasteiger partial charge in [-0.3, -0.25) is 4.79 Å². The van der Waals surface area contributed by atoms with Crippen molar-refractivity contribution in [2.75, 3.05) is 13.7 Å². The maximum atomic E-state index is 13.4. The molecule has 7 nitrogen and oxygen atoms in total. The number of nitrogens with zero attached hydrogens (tertiary/aromatic N) is 1. The molecule has 2 saturated carbocycles. The Labute approximate surface area is 204 Å². The number of rotatable bonds is 9. The molecule has 0 unspecified atom stereocenters. The highest BCUT2D eigenvalue weighted by Gasteiger charge is 2.38. The number of ether oxygens (including phenoxy) is 2. The molecule has 1 atom stereocenters. The highest BCUT2D eigenvalue weighted by molar-refractivity contribution is 5.86. The number of likely N-dealkylation sites (N-methyl/N-ethyl adjacent to an activating group) is 1. The number of hydrogen-bond donors (Lipinski definition) is 2. The lowest BCUT2D eigenvalue weighted by Gasteiger charge is -2.40. The predicted octanol–water partition coefficient (Wildman–Crippen LogP) is 4.41. The maximum Gasteiger partial charge on any atom is 0.408 e. The van der Waals surface area contributed by atoms with Crippen molar-refractivity contribution in [3.05, 3.63) is 35.4 Å². The van der Waals surface area contributed by atoms with Gasteiger partial charge < -0.3 is 24.8 Å². The molecule has 34 heavy (non-hydrogen) atoms. The number of aliphatic hydroxyl groups excluding tert-OH is 1. The number of carbonyl (C=O) groups excluding carboxylic acids is 2. The van der Waals surface area contributed by atoms with Crippen LogP contribution in [-0.2, 0) is 27.5 Å². The maximum absolute atomic E-state index is 13.4. The van der Waals surface area contributed by atoms with E-state index in [0.29, 0.717) is 19.1 Å². The average molecular weight is 475 g/mol. The summed E-state index contributed by atoms with van der Waals surface area (Å²) in [6, 6.07) is 7.50. The van der Waals surface area contributed by atoms with Gasteiger partial charge in [0.05, 0.1) is 13.2 Å². The quantitative estimate of drug-likeness (QED) is 0.554. The van der Waals surface area contributed by atoms with Gasteiger partial charge in [0.2, 0.25) is 5.91 Å². The van der Waals surface area contributed by atoms with Gasteiger partial charge in [-0.05, 0) is 88.7 Å². The fraction of sp³-hybridized carbons (Fsp3) is 0.704. The van der Waals surface area contributed by atoms with Crippen LogP contribution < -0.4 is 5.32 Å². The van der Waals surface area contributed by atoms with Crippen molar-refractivity contribution < 1.29 is 24.2 Å². The molecule has 2 fully saturated rings. The van der Waals surface area contributed by atoms with Gasteiger partial charge in [0, 0.05) is 19.7 Å². The minimum absolute atomic E-state index is 0.00382. The summed E-state index contributed by atoms with van der Waals surface area (Å²) in [5.74, 6) is 0.518. The average Bonchev–Trinajstić information content (AvgIpc) is 2.75. The largest absolute Gasteiger partial charge is 0.444 e. The monoisotopic (exact) mass is 474 g/mol. The summed E-state index contributed by atoms with van der Waals surface area (Å²) in [7, 11) is 1.86. The zero-order chi connectivity index (χ0) is 24.7. The molecule has 190 valence electrons. The lowest BCUT2D eigenvalue weighted by molar-refractivity contribution is -0.137. The molecule has 7 heteroatoms. The van der Waals surface area contributed by atoms with Crippen LogP contribution in [0, 0.1) is 11.8 Å². The van der Waals surface area contributed by atoms with Crippen LogP contribution in [0.15, 0.2) is 24.3 Å². The number of benzene rings is 1. The van der Waals surface area contributed by atoms with Crippen molar-refractivity contribution in [3.63, 3.8) is 0 Å². The molecule has 2 N–H and O–H groups in total. The standard InChI is InChI=1S/C27H42N2O5/c1-27(2,3)34-26(32)28-24(25(31)29(4)23-10-7-11-23)20-14-12-19(13-15-20)17-33-18-22-9-6-5-8-21(22)16-30/h5-6,8-9,19-20,23-24,30H,7,10-18H2,1-4H3,(H,28,32)/t19?,20?,24-/m0/s1. The summed E-state index contributed by atoms with van der Waals surface area (Å²) in [6.07, 6.45) is 6.34. The van der Waals surface area contributed by atoms with Crippen molar-refractivity contribution in [2.45, 2.75) is 96.6 Å². The minimum Gasteiger partial charge on any atom is -0.444 e. The number of amides is 2. The topological polar surface area (TPSA) is 88.1 Å². The smallest absolute Gasteiger partial charge is 0.408 e. The van der Waals surface area contributed by atoms with Crippen LogP contribution in [0.1, 0.15) is 76.8 Å². The van der Waals surface area contributed by atoms with Gasteiger partial charge in [0.1, 0.15) is 11.6 Å². The van der Waals surface area contributed by atoms with Crippen LogP contribution in [0.4, 0.5) is 4.79 Å². The Morgan fingerprint density at radius 3 is 2.29 bits per heavy atom. The van der Waals surface area contributed by atoms with E-state index in [9.17, 15) is 14.7 Å². The van der Waals surface area contributed by atoms with Crippen molar-refractivity contribution in [3.8, 4) is 0 Å². The summed E-state index contributed by atoms with van der Waals surface area (Å²) < 4.78 is 11.4. The first kappa shape index (κ1) is 26.5. The minimum atomic E-state index is -0.610. The molecule has 2 aliphatic carbocycles. The first-order valence-electron chi connectivity index (χ1n) is 12.7. The predicted molar refractivity (Wildman–Crippen MR) is 131 cm³/mol. The Kier molecular flexibility index (Phi) is 9.37. The van der Waals surface area contributed by atoms with E-state index in [1.165, 1.54) is 0 Å². The SMILES string of the molecule is CN(C(=O)[C@@H](NC(=O)OC(C)(C)C)C1CCC(COCc2ccccc2CO)CC1)C1CCC1. The molecule has 0 heterocycles. The number of alkyl carbamates (subject to hydrolysis) is 1. The zero-order valence-corrected chi connectivity index (χ0v) is 21.2. The number of hydrogen-bond acceptors (Lipinski definition) is 5. The van der Waals surface area contributed by atoms with Crippen molar-refractivity contribution >= 4 is 12.0 Å². The summed E-state index contributed by atoms with van der Waals surface area (Å²) in [5.41, 5.74) is 1.31. The Hall–Kier alpha value is -2.12. The van der Waals surface area contributed by atoms with Crippen molar-refractivity contribution in [1.82, 2.24) is 10.2 Å². The second kappa shape index (κ2) is 12.0. The summed E-state index contributed by atoms with van der Waals surface area (Å²) in [6.45, 7) is 6.65. The molecule has 0 aromatic heterocycles. The lowest BCUT2D eigenvalue weighted by Crippen LogP contribution is -2.55. The van der Waals surface area contributed by atoms with Gasteiger partial charge in [-0.15, -0.1) is 0 Å². The molecule has 0 saturated heterocycles. The fourth-order valence-corrected chi connectivity index (χ4v) is 4.87. The third-order valence-corrected chi connectivity index (χ3v) is 7.17. The summed E-state index contributed by atoms with van der Waals surface area (Å²) >= 11 is 0. The second-order valence-corrected chi connectivity index (χ2v) is 10.9. The van der Waals surface area contributed by atoms with Crippen LogP contribution in [0.25, 0.3) is 0 Å². The second-order valence-electron chi connectivity index (χ2n) is 10.9. The van der Waals surface area contributed by atoms with E-state index >= 15 is 0 Å². The number of carbonyl (C=O) groups is 2. The van der Waals surface area contributed by atoms with E-state index in [-0.39, 0.29) is 24.5 Å². The van der Waals surface area contributed by atoms with Gasteiger partial charge >= 0.3 is 6.09 Å². The van der Waals surface area contributed by atoms with Crippen LogP contribution in [-0.4, -0.2) is 53.3 Å². The zero-order valence-electron chi connectivity index (χ0n) is 21.2. The third kappa shape index (κ3) is 7.44. The Morgan fingerprint density at radius 1 is 1.09 bits per heavy atom. The van der Waals surface area contributed by atoms with Crippen LogP contribution in [0.3, 0.4) is 0 Å². The van der Waals surface area contributed by atoms with Gasteiger partial charge in [0.15, 0.2) is 0 Å².